The van der Waals surface area contributed by atoms with E-state index in [2.05, 4.69) is 26.0 Å². The minimum Gasteiger partial charge on any atom is -0.327 e. The summed E-state index contributed by atoms with van der Waals surface area (Å²) in [5, 5.41) is 0.794. The number of hydrogen-bond donors (Lipinski definition) is 1. The summed E-state index contributed by atoms with van der Waals surface area (Å²) in [6, 6.07) is 8.29. The first-order chi connectivity index (χ1) is 7.09. The lowest BCUT2D eigenvalue weighted by Gasteiger charge is -2.14. The summed E-state index contributed by atoms with van der Waals surface area (Å²) in [7, 11) is 0. The lowest BCUT2D eigenvalue weighted by Crippen LogP contribution is -2.28. The molecule has 0 saturated heterocycles. The van der Waals surface area contributed by atoms with Crippen molar-refractivity contribution in [2.45, 2.75) is 25.6 Å². The molecule has 0 aliphatic rings. The summed E-state index contributed by atoms with van der Waals surface area (Å²) >= 11 is 7.69. The van der Waals surface area contributed by atoms with Gasteiger partial charge in [0.2, 0.25) is 0 Å². The molecule has 1 rings (SSSR count). The summed E-state index contributed by atoms with van der Waals surface area (Å²) < 4.78 is 0. The van der Waals surface area contributed by atoms with E-state index < -0.39 is 0 Å². The maximum atomic E-state index is 5.96. The molecule has 0 heterocycles. The van der Waals surface area contributed by atoms with Crippen molar-refractivity contribution in [1.29, 1.82) is 0 Å². The van der Waals surface area contributed by atoms with Crippen LogP contribution in [0.4, 0.5) is 0 Å². The molecule has 2 N–H and O–H groups in total. The molecule has 0 spiro atoms. The molecule has 0 aliphatic carbocycles. The molecule has 0 bridgehead atoms. The van der Waals surface area contributed by atoms with E-state index in [-0.39, 0.29) is 0 Å². The lowest BCUT2D eigenvalue weighted by molar-refractivity contribution is 0.535. The Kier molecular flexibility index (Phi) is 5.51. The second-order valence-corrected chi connectivity index (χ2v) is 5.52. The molecule has 1 nitrogen and oxygen atoms in total. The third-order valence-electron chi connectivity index (χ3n) is 2.35. The zero-order chi connectivity index (χ0) is 11.3. The molecule has 0 radical (unpaired) electrons. The predicted molar refractivity (Wildman–Crippen MR) is 70.4 cm³/mol. The van der Waals surface area contributed by atoms with Crippen molar-refractivity contribution in [3.05, 3.63) is 34.9 Å². The largest absolute Gasteiger partial charge is 0.327 e. The third kappa shape index (κ3) is 4.92. The molecule has 84 valence electrons. The highest BCUT2D eigenvalue weighted by Gasteiger charge is 2.06. The average molecular weight is 244 g/mol. The van der Waals surface area contributed by atoms with Gasteiger partial charge in [0, 0.05) is 22.6 Å². The second-order valence-electron chi connectivity index (χ2n) is 4.05. The second kappa shape index (κ2) is 6.41. The van der Waals surface area contributed by atoms with Crippen LogP contribution in [-0.2, 0) is 5.75 Å². The van der Waals surface area contributed by atoms with Gasteiger partial charge >= 0.3 is 0 Å². The Bertz CT molecular complexity index is 284. The Labute approximate surface area is 101 Å². The molecule has 15 heavy (non-hydrogen) atoms. The van der Waals surface area contributed by atoms with E-state index in [0.717, 1.165) is 16.5 Å². The van der Waals surface area contributed by atoms with Crippen molar-refractivity contribution >= 4 is 23.4 Å². The van der Waals surface area contributed by atoms with Crippen molar-refractivity contribution in [2.24, 2.45) is 11.7 Å². The van der Waals surface area contributed by atoms with E-state index >= 15 is 0 Å². The van der Waals surface area contributed by atoms with E-state index in [1.54, 1.807) is 0 Å². The van der Waals surface area contributed by atoms with Crippen LogP contribution in [0.2, 0.25) is 5.02 Å². The summed E-state index contributed by atoms with van der Waals surface area (Å²) in [4.78, 5) is 0. The van der Waals surface area contributed by atoms with Crippen LogP contribution in [0.3, 0.4) is 0 Å². The van der Waals surface area contributed by atoms with E-state index in [9.17, 15) is 0 Å². The lowest BCUT2D eigenvalue weighted by atomic mass is 10.1. The van der Waals surface area contributed by atoms with E-state index in [1.165, 1.54) is 5.56 Å². The van der Waals surface area contributed by atoms with E-state index in [4.69, 9.17) is 17.3 Å². The molecule has 0 aliphatic heterocycles. The molecule has 1 aromatic carbocycles. The van der Waals surface area contributed by atoms with Gasteiger partial charge < -0.3 is 5.73 Å². The standard InChI is InChI=1S/C12H18ClNS/c1-9(2)12(14)8-15-7-10-3-5-11(13)6-4-10/h3-6,9,12H,7-8,14H2,1-2H3. The predicted octanol–water partition coefficient (Wildman–Crippen LogP) is 3.56. The first kappa shape index (κ1) is 12.9. The minimum atomic E-state index is 0.294. The molecular weight excluding hydrogens is 226 g/mol. The zero-order valence-corrected chi connectivity index (χ0v) is 10.8. The Morgan fingerprint density at radius 3 is 2.40 bits per heavy atom. The summed E-state index contributed by atoms with van der Waals surface area (Å²) in [5.41, 5.74) is 7.27. The molecule has 1 atom stereocenters. The average Bonchev–Trinajstić information content (AvgIpc) is 2.20. The van der Waals surface area contributed by atoms with Gasteiger partial charge in [-0.25, -0.2) is 0 Å². The van der Waals surface area contributed by atoms with Gasteiger partial charge in [-0.05, 0) is 23.6 Å². The summed E-state index contributed by atoms with van der Waals surface area (Å²) in [5.74, 6) is 2.58. The number of rotatable bonds is 5. The fourth-order valence-corrected chi connectivity index (χ4v) is 2.41. The van der Waals surface area contributed by atoms with Crippen LogP contribution in [0.5, 0.6) is 0 Å². The fourth-order valence-electron chi connectivity index (χ4n) is 1.09. The van der Waals surface area contributed by atoms with Crippen LogP contribution in [-0.4, -0.2) is 11.8 Å². The van der Waals surface area contributed by atoms with Gasteiger partial charge in [-0.2, -0.15) is 11.8 Å². The van der Waals surface area contributed by atoms with Crippen molar-refractivity contribution in [1.82, 2.24) is 0 Å². The Hall–Kier alpha value is -0.180. The van der Waals surface area contributed by atoms with Crippen LogP contribution in [0, 0.1) is 5.92 Å². The van der Waals surface area contributed by atoms with Crippen molar-refractivity contribution in [2.75, 3.05) is 5.75 Å². The molecule has 0 aromatic heterocycles. The summed E-state index contributed by atoms with van der Waals surface area (Å²) in [6.45, 7) is 4.32. The smallest absolute Gasteiger partial charge is 0.0406 e. The highest BCUT2D eigenvalue weighted by atomic mass is 35.5. The molecule has 0 fully saturated rings. The molecular formula is C12H18ClNS. The van der Waals surface area contributed by atoms with Crippen LogP contribution in [0.1, 0.15) is 19.4 Å². The number of thioether (sulfide) groups is 1. The van der Waals surface area contributed by atoms with Crippen molar-refractivity contribution in [3.63, 3.8) is 0 Å². The molecule has 0 saturated carbocycles. The van der Waals surface area contributed by atoms with E-state index in [1.807, 2.05) is 23.9 Å². The van der Waals surface area contributed by atoms with Crippen molar-refractivity contribution < 1.29 is 0 Å². The molecule has 1 aromatic rings. The Morgan fingerprint density at radius 2 is 1.87 bits per heavy atom. The third-order valence-corrected chi connectivity index (χ3v) is 3.76. The minimum absolute atomic E-state index is 0.294. The SMILES string of the molecule is CC(C)C(N)CSCc1ccc(Cl)cc1. The van der Waals surface area contributed by atoms with Gasteiger partial charge in [-0.15, -0.1) is 0 Å². The fraction of sp³-hybridized carbons (Fsp3) is 0.500. The zero-order valence-electron chi connectivity index (χ0n) is 9.24. The van der Waals surface area contributed by atoms with Gasteiger partial charge in [-0.3, -0.25) is 0 Å². The normalized spacial score (nSPS) is 13.1. The first-order valence-corrected chi connectivity index (χ1v) is 6.70. The topological polar surface area (TPSA) is 26.0 Å². The number of benzene rings is 1. The van der Waals surface area contributed by atoms with Gasteiger partial charge in [0.25, 0.3) is 0 Å². The maximum absolute atomic E-state index is 5.96. The van der Waals surface area contributed by atoms with Gasteiger partial charge in [-0.1, -0.05) is 37.6 Å². The number of hydrogen-bond acceptors (Lipinski definition) is 2. The van der Waals surface area contributed by atoms with Gasteiger partial charge in [0.05, 0.1) is 0 Å². The monoisotopic (exact) mass is 243 g/mol. The van der Waals surface area contributed by atoms with Gasteiger partial charge in [0.15, 0.2) is 0 Å². The van der Waals surface area contributed by atoms with E-state index in [0.29, 0.717) is 12.0 Å². The number of nitrogens with two attached hydrogens (primary N) is 1. The quantitative estimate of drug-likeness (QED) is 0.856. The highest BCUT2D eigenvalue weighted by Crippen LogP contribution is 2.17. The molecule has 3 heteroatoms. The van der Waals surface area contributed by atoms with Crippen molar-refractivity contribution in [3.8, 4) is 0 Å². The van der Waals surface area contributed by atoms with Crippen LogP contribution >= 0.6 is 23.4 Å². The highest BCUT2D eigenvalue weighted by molar-refractivity contribution is 7.98. The van der Waals surface area contributed by atoms with Crippen LogP contribution in [0.25, 0.3) is 0 Å². The van der Waals surface area contributed by atoms with Gasteiger partial charge in [0.1, 0.15) is 0 Å². The van der Waals surface area contributed by atoms with Crippen LogP contribution < -0.4 is 5.73 Å². The Balaban J connectivity index is 2.29. The molecule has 1 unspecified atom stereocenters. The molecule has 0 amide bonds. The number of halogens is 1. The maximum Gasteiger partial charge on any atom is 0.0406 e. The Morgan fingerprint density at radius 1 is 1.27 bits per heavy atom. The first-order valence-electron chi connectivity index (χ1n) is 5.17. The summed E-state index contributed by atoms with van der Waals surface area (Å²) in [6.07, 6.45) is 0. The van der Waals surface area contributed by atoms with Crippen LogP contribution in [0.15, 0.2) is 24.3 Å².